The Morgan fingerprint density at radius 1 is 1.19 bits per heavy atom. The molecule has 184 valence electrons. The van der Waals surface area contributed by atoms with Gasteiger partial charge in [-0.3, -0.25) is 10.1 Å². The van der Waals surface area contributed by atoms with Gasteiger partial charge in [-0.15, -0.1) is 0 Å². The molecule has 0 saturated heterocycles. The number of ether oxygens (including phenoxy) is 2. The van der Waals surface area contributed by atoms with Crippen LogP contribution in [0.1, 0.15) is 45.7 Å². The van der Waals surface area contributed by atoms with E-state index in [4.69, 9.17) is 19.6 Å². The Balaban J connectivity index is 1.49. The fourth-order valence-electron chi connectivity index (χ4n) is 4.50. The average Bonchev–Trinajstić information content (AvgIpc) is 3.23. The van der Waals surface area contributed by atoms with E-state index in [2.05, 4.69) is 6.92 Å². The Morgan fingerprint density at radius 2 is 2.00 bits per heavy atom. The first-order valence-electron chi connectivity index (χ1n) is 11.5. The maximum atomic E-state index is 13.0. The van der Waals surface area contributed by atoms with Gasteiger partial charge in [-0.05, 0) is 42.7 Å². The molecule has 1 aliphatic heterocycles. The predicted octanol–water partition coefficient (Wildman–Crippen LogP) is 5.65. The number of hydrogen-bond acceptors (Lipinski definition) is 8. The largest absolute Gasteiger partial charge is 0.449 e. The van der Waals surface area contributed by atoms with E-state index < -0.39 is 16.8 Å². The van der Waals surface area contributed by atoms with E-state index in [-0.39, 0.29) is 34.4 Å². The molecule has 9 heteroatoms. The second kappa shape index (κ2) is 9.17. The molecule has 0 saturated carbocycles. The zero-order chi connectivity index (χ0) is 26.3. The van der Waals surface area contributed by atoms with Gasteiger partial charge in [0.1, 0.15) is 28.7 Å². The molecule has 1 aliphatic rings. The average molecular weight is 495 g/mol. The van der Waals surface area contributed by atoms with Crippen LogP contribution in [0.5, 0.6) is 11.5 Å². The standard InChI is InChI=1S/C28H21N3O6/c1-3-16-7-10-23-21(11-16)15(2)26(36-23)28(32)35-19-8-9-20-24(13-19)37-27(30)22(14-29)25(20)17-5-4-6-18(12-17)31(33)34/h4-13,25H,3,30H2,1-2H3. The number of esters is 1. The lowest BCUT2D eigenvalue weighted by Crippen LogP contribution is -2.21. The Bertz CT molecular complexity index is 1660. The number of furan rings is 1. The lowest BCUT2D eigenvalue weighted by molar-refractivity contribution is -0.384. The van der Waals surface area contributed by atoms with Crippen molar-refractivity contribution in [2.45, 2.75) is 26.2 Å². The first-order chi connectivity index (χ1) is 17.8. The van der Waals surface area contributed by atoms with Crippen molar-refractivity contribution in [3.8, 4) is 17.6 Å². The number of carbonyl (C=O) groups excluding carboxylic acids is 1. The van der Waals surface area contributed by atoms with Crippen LogP contribution >= 0.6 is 0 Å². The highest BCUT2D eigenvalue weighted by Crippen LogP contribution is 2.44. The van der Waals surface area contributed by atoms with Crippen molar-refractivity contribution in [1.29, 1.82) is 5.26 Å². The summed E-state index contributed by atoms with van der Waals surface area (Å²) >= 11 is 0. The number of benzene rings is 3. The molecule has 9 nitrogen and oxygen atoms in total. The topological polar surface area (TPSA) is 142 Å². The molecule has 3 aromatic carbocycles. The molecule has 0 spiro atoms. The Labute approximate surface area is 211 Å². The Kier molecular flexibility index (Phi) is 5.85. The molecule has 37 heavy (non-hydrogen) atoms. The van der Waals surface area contributed by atoms with E-state index in [1.165, 1.54) is 18.2 Å². The number of nitro groups is 1. The van der Waals surface area contributed by atoms with Crippen molar-refractivity contribution in [2.24, 2.45) is 5.73 Å². The number of nitrogens with two attached hydrogens (primary N) is 1. The van der Waals surface area contributed by atoms with Crippen molar-refractivity contribution < 1.29 is 23.6 Å². The maximum Gasteiger partial charge on any atom is 0.379 e. The Hall–Kier alpha value is -5.10. The van der Waals surface area contributed by atoms with Crippen LogP contribution in [0, 0.1) is 28.4 Å². The Morgan fingerprint density at radius 3 is 2.73 bits per heavy atom. The normalized spacial score (nSPS) is 14.6. The second-order valence-electron chi connectivity index (χ2n) is 8.61. The van der Waals surface area contributed by atoms with E-state index in [0.717, 1.165) is 17.4 Å². The molecule has 1 atom stereocenters. The van der Waals surface area contributed by atoms with Crippen molar-refractivity contribution in [3.63, 3.8) is 0 Å². The summed E-state index contributed by atoms with van der Waals surface area (Å²) < 4.78 is 17.0. The molecule has 1 unspecified atom stereocenters. The number of nitrogens with zero attached hydrogens (tertiary/aromatic N) is 2. The third kappa shape index (κ3) is 4.15. The fourth-order valence-corrected chi connectivity index (χ4v) is 4.50. The highest BCUT2D eigenvalue weighted by Gasteiger charge is 2.32. The zero-order valence-corrected chi connectivity index (χ0v) is 20.0. The number of nitro benzene ring substituents is 1. The van der Waals surface area contributed by atoms with Gasteiger partial charge in [0.2, 0.25) is 11.6 Å². The zero-order valence-electron chi connectivity index (χ0n) is 20.0. The van der Waals surface area contributed by atoms with Crippen LogP contribution in [0.4, 0.5) is 5.69 Å². The van der Waals surface area contributed by atoms with Crippen LogP contribution in [-0.2, 0) is 6.42 Å². The number of carbonyl (C=O) groups is 1. The minimum absolute atomic E-state index is 0.0996. The third-order valence-corrected chi connectivity index (χ3v) is 6.41. The highest BCUT2D eigenvalue weighted by molar-refractivity contribution is 5.97. The van der Waals surface area contributed by atoms with E-state index in [1.54, 1.807) is 31.2 Å². The minimum Gasteiger partial charge on any atom is -0.449 e. The van der Waals surface area contributed by atoms with Gasteiger partial charge in [0.05, 0.1) is 10.8 Å². The van der Waals surface area contributed by atoms with Crippen LogP contribution in [0.2, 0.25) is 0 Å². The van der Waals surface area contributed by atoms with Crippen LogP contribution < -0.4 is 15.2 Å². The molecule has 0 fully saturated rings. The third-order valence-electron chi connectivity index (χ3n) is 6.41. The second-order valence-corrected chi connectivity index (χ2v) is 8.61. The predicted molar refractivity (Wildman–Crippen MR) is 134 cm³/mol. The molecular formula is C28H21N3O6. The summed E-state index contributed by atoms with van der Waals surface area (Å²) in [7, 11) is 0. The van der Waals surface area contributed by atoms with Crippen molar-refractivity contribution >= 4 is 22.6 Å². The van der Waals surface area contributed by atoms with Crippen LogP contribution in [0.25, 0.3) is 11.0 Å². The van der Waals surface area contributed by atoms with Crippen LogP contribution in [0.3, 0.4) is 0 Å². The first-order valence-corrected chi connectivity index (χ1v) is 11.5. The molecule has 2 N–H and O–H groups in total. The number of nitriles is 1. The SMILES string of the molecule is CCc1ccc2oc(C(=O)Oc3ccc4c(c3)OC(N)=C(C#N)C4c3cccc([N+](=O)[O-])c3)c(C)c2c1. The molecule has 0 aliphatic carbocycles. The van der Waals surface area contributed by atoms with E-state index >= 15 is 0 Å². The lowest BCUT2D eigenvalue weighted by Gasteiger charge is -2.26. The van der Waals surface area contributed by atoms with Gasteiger partial charge in [0.15, 0.2) is 0 Å². The number of allylic oxidation sites excluding steroid dienone is 1. The van der Waals surface area contributed by atoms with Gasteiger partial charge in [-0.1, -0.05) is 31.2 Å². The van der Waals surface area contributed by atoms with Crippen molar-refractivity contribution in [3.05, 3.63) is 110 Å². The molecule has 4 aromatic rings. The van der Waals surface area contributed by atoms with E-state index in [1.807, 2.05) is 24.3 Å². The van der Waals surface area contributed by atoms with E-state index in [0.29, 0.717) is 22.3 Å². The summed E-state index contributed by atoms with van der Waals surface area (Å²) in [5.74, 6) is -0.934. The van der Waals surface area contributed by atoms with Gasteiger partial charge >= 0.3 is 5.97 Å². The van der Waals surface area contributed by atoms with Crippen molar-refractivity contribution in [2.75, 3.05) is 0 Å². The van der Waals surface area contributed by atoms with Gasteiger partial charge in [0.25, 0.3) is 5.69 Å². The summed E-state index contributed by atoms with van der Waals surface area (Å²) in [4.78, 5) is 23.8. The molecule has 5 rings (SSSR count). The minimum atomic E-state index is -0.691. The van der Waals surface area contributed by atoms with E-state index in [9.17, 15) is 20.2 Å². The number of non-ortho nitro benzene ring substituents is 1. The smallest absolute Gasteiger partial charge is 0.379 e. The summed E-state index contributed by atoms with van der Waals surface area (Å²) in [6, 6.07) is 18.5. The summed E-state index contributed by atoms with van der Waals surface area (Å²) in [6.45, 7) is 3.85. The monoisotopic (exact) mass is 495 g/mol. The van der Waals surface area contributed by atoms with Crippen molar-refractivity contribution in [1.82, 2.24) is 0 Å². The highest BCUT2D eigenvalue weighted by atomic mass is 16.6. The van der Waals surface area contributed by atoms with Gasteiger partial charge in [-0.2, -0.15) is 5.26 Å². The molecule has 2 heterocycles. The van der Waals surface area contributed by atoms with Gasteiger partial charge < -0.3 is 19.6 Å². The number of hydrogen-bond donors (Lipinski definition) is 1. The molecule has 0 radical (unpaired) electrons. The molecular weight excluding hydrogens is 474 g/mol. The van der Waals surface area contributed by atoms with Gasteiger partial charge in [0, 0.05) is 34.7 Å². The summed E-state index contributed by atoms with van der Waals surface area (Å²) in [5.41, 5.74) is 9.52. The van der Waals surface area contributed by atoms with Crippen LogP contribution in [0.15, 0.2) is 76.5 Å². The number of rotatable bonds is 5. The lowest BCUT2D eigenvalue weighted by atomic mass is 9.83. The molecule has 0 amide bonds. The number of fused-ring (bicyclic) bond motifs is 2. The number of aryl methyl sites for hydroxylation is 2. The van der Waals surface area contributed by atoms with Gasteiger partial charge in [-0.25, -0.2) is 4.79 Å². The summed E-state index contributed by atoms with van der Waals surface area (Å²) in [6.07, 6.45) is 0.859. The fraction of sp³-hybridized carbons (Fsp3) is 0.143. The maximum absolute atomic E-state index is 13.0. The quantitative estimate of drug-likeness (QED) is 0.162. The molecule has 0 bridgehead atoms. The molecule has 1 aromatic heterocycles. The first kappa shape index (κ1) is 23.6. The van der Waals surface area contributed by atoms with Crippen LogP contribution in [-0.4, -0.2) is 10.9 Å². The summed E-state index contributed by atoms with van der Waals surface area (Å²) in [5, 5.41) is 21.9.